The van der Waals surface area contributed by atoms with Crippen molar-refractivity contribution in [3.05, 3.63) is 83.9 Å². The molecule has 2 N–H and O–H groups in total. The Morgan fingerprint density at radius 1 is 1.16 bits per heavy atom. The SMILES string of the molecule is O=C(NCc1ccccc1-n1ccnc1)[C@H]1Cc2ccccc2CN1. The monoisotopic (exact) mass is 332 g/mol. The lowest BCUT2D eigenvalue weighted by atomic mass is 9.95. The molecule has 4 rings (SSSR count). The third kappa shape index (κ3) is 3.32. The summed E-state index contributed by atoms with van der Waals surface area (Å²) in [7, 11) is 0. The molecule has 0 unspecified atom stereocenters. The number of carbonyl (C=O) groups excluding carboxylic acids is 1. The van der Waals surface area contributed by atoms with Crippen molar-refractivity contribution in [2.75, 3.05) is 0 Å². The molecule has 1 aliphatic heterocycles. The van der Waals surface area contributed by atoms with E-state index in [4.69, 9.17) is 0 Å². The number of para-hydroxylation sites is 1. The van der Waals surface area contributed by atoms with E-state index in [0.29, 0.717) is 6.54 Å². The maximum Gasteiger partial charge on any atom is 0.237 e. The fourth-order valence-corrected chi connectivity index (χ4v) is 3.26. The summed E-state index contributed by atoms with van der Waals surface area (Å²) in [5.41, 5.74) is 4.62. The van der Waals surface area contributed by atoms with Crippen molar-refractivity contribution in [2.45, 2.75) is 25.6 Å². The molecular weight excluding hydrogens is 312 g/mol. The number of amides is 1. The largest absolute Gasteiger partial charge is 0.351 e. The van der Waals surface area contributed by atoms with Gasteiger partial charge >= 0.3 is 0 Å². The van der Waals surface area contributed by atoms with Gasteiger partial charge in [-0.2, -0.15) is 0 Å². The summed E-state index contributed by atoms with van der Waals surface area (Å²) in [4.78, 5) is 16.7. The smallest absolute Gasteiger partial charge is 0.237 e. The summed E-state index contributed by atoms with van der Waals surface area (Å²) in [6.45, 7) is 1.23. The van der Waals surface area contributed by atoms with Crippen LogP contribution in [-0.4, -0.2) is 21.5 Å². The number of rotatable bonds is 4. The number of imidazole rings is 1. The highest BCUT2D eigenvalue weighted by Crippen LogP contribution is 2.17. The molecule has 3 aromatic rings. The molecule has 0 bridgehead atoms. The van der Waals surface area contributed by atoms with Gasteiger partial charge in [0, 0.05) is 25.5 Å². The van der Waals surface area contributed by atoms with E-state index in [9.17, 15) is 4.79 Å². The maximum atomic E-state index is 12.6. The Morgan fingerprint density at radius 2 is 1.96 bits per heavy atom. The van der Waals surface area contributed by atoms with Crippen molar-refractivity contribution in [1.82, 2.24) is 20.2 Å². The minimum absolute atomic E-state index is 0.0370. The average molecular weight is 332 g/mol. The number of benzene rings is 2. The van der Waals surface area contributed by atoms with Gasteiger partial charge < -0.3 is 15.2 Å². The molecule has 2 heterocycles. The Kier molecular flexibility index (Phi) is 4.31. The summed E-state index contributed by atoms with van der Waals surface area (Å²) in [5.74, 6) is 0.0370. The summed E-state index contributed by atoms with van der Waals surface area (Å²) >= 11 is 0. The van der Waals surface area contributed by atoms with E-state index in [-0.39, 0.29) is 11.9 Å². The molecule has 5 nitrogen and oxygen atoms in total. The first-order valence-corrected chi connectivity index (χ1v) is 8.45. The second-order valence-electron chi connectivity index (χ2n) is 6.22. The third-order valence-corrected chi connectivity index (χ3v) is 4.63. The maximum absolute atomic E-state index is 12.6. The molecule has 1 amide bonds. The van der Waals surface area contributed by atoms with Crippen LogP contribution in [0, 0.1) is 0 Å². The van der Waals surface area contributed by atoms with E-state index in [1.165, 1.54) is 11.1 Å². The number of hydrogen-bond donors (Lipinski definition) is 2. The molecule has 2 aromatic carbocycles. The van der Waals surface area contributed by atoms with Gasteiger partial charge in [-0.15, -0.1) is 0 Å². The number of nitrogens with one attached hydrogen (secondary N) is 2. The van der Waals surface area contributed by atoms with Crippen molar-refractivity contribution >= 4 is 5.91 Å². The van der Waals surface area contributed by atoms with Crippen molar-refractivity contribution in [3.8, 4) is 5.69 Å². The Morgan fingerprint density at radius 3 is 2.80 bits per heavy atom. The molecular formula is C20H20N4O. The highest BCUT2D eigenvalue weighted by molar-refractivity contribution is 5.82. The van der Waals surface area contributed by atoms with Crippen LogP contribution in [0.25, 0.3) is 5.69 Å². The standard InChI is InChI=1S/C20H20N4O/c25-20(18-11-15-5-1-2-6-16(15)12-22-18)23-13-17-7-3-4-8-19(17)24-10-9-21-14-24/h1-10,14,18,22H,11-13H2,(H,23,25)/t18-/m1/s1. The molecule has 1 aromatic heterocycles. The van der Waals surface area contributed by atoms with Gasteiger partial charge in [0.05, 0.1) is 18.1 Å². The highest BCUT2D eigenvalue weighted by atomic mass is 16.2. The van der Waals surface area contributed by atoms with Gasteiger partial charge in [-0.05, 0) is 29.2 Å². The third-order valence-electron chi connectivity index (χ3n) is 4.63. The zero-order chi connectivity index (χ0) is 17.1. The first kappa shape index (κ1) is 15.6. The molecule has 0 saturated carbocycles. The fraction of sp³-hybridized carbons (Fsp3) is 0.200. The van der Waals surface area contributed by atoms with Crippen LogP contribution in [-0.2, 0) is 24.3 Å². The Labute approximate surface area is 146 Å². The molecule has 0 fully saturated rings. The lowest BCUT2D eigenvalue weighted by Crippen LogP contribution is -2.47. The predicted molar refractivity (Wildman–Crippen MR) is 96.2 cm³/mol. The lowest BCUT2D eigenvalue weighted by molar-refractivity contribution is -0.123. The first-order chi connectivity index (χ1) is 12.3. The zero-order valence-electron chi connectivity index (χ0n) is 13.9. The Bertz CT molecular complexity index is 873. The van der Waals surface area contributed by atoms with Crippen molar-refractivity contribution in [3.63, 3.8) is 0 Å². The summed E-state index contributed by atoms with van der Waals surface area (Å²) in [5, 5.41) is 6.39. The van der Waals surface area contributed by atoms with Gasteiger partial charge in [0.2, 0.25) is 5.91 Å². The Balaban J connectivity index is 1.44. The topological polar surface area (TPSA) is 59.0 Å². The van der Waals surface area contributed by atoms with Gasteiger partial charge in [0.15, 0.2) is 0 Å². The van der Waals surface area contributed by atoms with Gasteiger partial charge in [-0.3, -0.25) is 4.79 Å². The zero-order valence-corrected chi connectivity index (χ0v) is 13.9. The van der Waals surface area contributed by atoms with Gasteiger partial charge in [0.25, 0.3) is 0 Å². The van der Waals surface area contributed by atoms with Crippen molar-refractivity contribution < 1.29 is 4.79 Å². The van der Waals surface area contributed by atoms with Crippen LogP contribution in [0.5, 0.6) is 0 Å². The van der Waals surface area contributed by atoms with Gasteiger partial charge in [-0.1, -0.05) is 42.5 Å². The van der Waals surface area contributed by atoms with Crippen LogP contribution in [0.3, 0.4) is 0 Å². The number of hydrogen-bond acceptors (Lipinski definition) is 3. The van der Waals surface area contributed by atoms with Crippen LogP contribution in [0.2, 0.25) is 0 Å². The van der Waals surface area contributed by atoms with E-state index in [1.807, 2.05) is 47.2 Å². The average Bonchev–Trinajstić information content (AvgIpc) is 3.20. The molecule has 5 heteroatoms. The van der Waals surface area contributed by atoms with E-state index in [0.717, 1.165) is 24.2 Å². The Hall–Kier alpha value is -2.92. The minimum Gasteiger partial charge on any atom is -0.351 e. The van der Waals surface area contributed by atoms with E-state index in [2.05, 4.69) is 27.8 Å². The van der Waals surface area contributed by atoms with E-state index >= 15 is 0 Å². The quantitative estimate of drug-likeness (QED) is 0.770. The molecule has 1 aliphatic rings. The molecule has 0 radical (unpaired) electrons. The van der Waals surface area contributed by atoms with E-state index < -0.39 is 0 Å². The fourth-order valence-electron chi connectivity index (χ4n) is 3.26. The van der Waals surface area contributed by atoms with Crippen molar-refractivity contribution in [2.24, 2.45) is 0 Å². The van der Waals surface area contributed by atoms with Gasteiger partial charge in [-0.25, -0.2) is 4.98 Å². The number of carbonyl (C=O) groups is 1. The molecule has 25 heavy (non-hydrogen) atoms. The van der Waals surface area contributed by atoms with Crippen LogP contribution in [0.4, 0.5) is 0 Å². The second kappa shape index (κ2) is 6.91. The predicted octanol–water partition coefficient (Wildman–Crippen LogP) is 2.20. The number of aromatic nitrogens is 2. The lowest BCUT2D eigenvalue weighted by Gasteiger charge is -2.25. The minimum atomic E-state index is -0.185. The summed E-state index contributed by atoms with van der Waals surface area (Å²) in [6, 6.07) is 16.1. The molecule has 0 saturated heterocycles. The highest BCUT2D eigenvalue weighted by Gasteiger charge is 2.23. The molecule has 126 valence electrons. The normalized spacial score (nSPS) is 16.2. The number of nitrogens with zero attached hydrogens (tertiary/aromatic N) is 2. The number of fused-ring (bicyclic) bond motifs is 1. The summed E-state index contributed by atoms with van der Waals surface area (Å²) < 4.78 is 1.95. The summed E-state index contributed by atoms with van der Waals surface area (Å²) in [6.07, 6.45) is 6.14. The van der Waals surface area contributed by atoms with Crippen LogP contribution < -0.4 is 10.6 Å². The second-order valence-corrected chi connectivity index (χ2v) is 6.22. The molecule has 0 aliphatic carbocycles. The molecule has 0 spiro atoms. The van der Waals surface area contributed by atoms with Gasteiger partial charge in [0.1, 0.15) is 0 Å². The van der Waals surface area contributed by atoms with Crippen LogP contribution in [0.1, 0.15) is 16.7 Å². The first-order valence-electron chi connectivity index (χ1n) is 8.45. The van der Waals surface area contributed by atoms with Crippen molar-refractivity contribution in [1.29, 1.82) is 0 Å². The van der Waals surface area contributed by atoms with Crippen LogP contribution >= 0.6 is 0 Å². The van der Waals surface area contributed by atoms with Crippen LogP contribution in [0.15, 0.2) is 67.3 Å². The molecule has 1 atom stereocenters. The van der Waals surface area contributed by atoms with E-state index in [1.54, 1.807) is 12.5 Å².